The SMILES string of the molecule is OC1(C(F)F)CCN(CCOc2cc(Cl)cc(Cl)c2)C1. The molecule has 1 N–H and O–H groups in total. The summed E-state index contributed by atoms with van der Waals surface area (Å²) < 4.78 is 30.8. The smallest absolute Gasteiger partial charge is 0.268 e. The van der Waals surface area contributed by atoms with E-state index < -0.39 is 12.0 Å². The minimum Gasteiger partial charge on any atom is -0.492 e. The third-order valence-corrected chi connectivity index (χ3v) is 3.71. The third kappa shape index (κ3) is 3.95. The summed E-state index contributed by atoms with van der Waals surface area (Å²) in [5.74, 6) is 0.533. The molecule has 0 radical (unpaired) electrons. The molecule has 0 spiro atoms. The summed E-state index contributed by atoms with van der Waals surface area (Å²) in [6, 6.07) is 4.86. The number of halogens is 4. The molecule has 1 fully saturated rings. The van der Waals surface area contributed by atoms with Gasteiger partial charge in [0.05, 0.1) is 0 Å². The van der Waals surface area contributed by atoms with E-state index in [2.05, 4.69) is 0 Å². The standard InChI is InChI=1S/C13H15Cl2F2NO2/c14-9-5-10(15)7-11(6-9)20-4-3-18-2-1-13(19,8-18)12(16)17/h5-7,12,19H,1-4,8H2. The predicted molar refractivity (Wildman–Crippen MR) is 74.0 cm³/mol. The second kappa shape index (κ2) is 6.43. The van der Waals surface area contributed by atoms with Crippen molar-refractivity contribution < 1.29 is 18.6 Å². The number of hydrogen-bond donors (Lipinski definition) is 1. The van der Waals surface area contributed by atoms with Gasteiger partial charge in [0.1, 0.15) is 18.0 Å². The van der Waals surface area contributed by atoms with Crippen molar-refractivity contribution in [2.24, 2.45) is 0 Å². The molecule has 1 aliphatic rings. The Labute approximate surface area is 126 Å². The highest BCUT2D eigenvalue weighted by Gasteiger charge is 2.43. The first-order chi connectivity index (χ1) is 9.39. The van der Waals surface area contributed by atoms with Crippen LogP contribution in [0.25, 0.3) is 0 Å². The van der Waals surface area contributed by atoms with Gasteiger partial charge in [-0.2, -0.15) is 0 Å². The van der Waals surface area contributed by atoms with Gasteiger partial charge in [-0.25, -0.2) is 8.78 Å². The largest absolute Gasteiger partial charge is 0.492 e. The van der Waals surface area contributed by atoms with Gasteiger partial charge in [-0.05, 0) is 24.6 Å². The summed E-state index contributed by atoms with van der Waals surface area (Å²) in [5, 5.41) is 10.6. The average Bonchev–Trinajstić information content (AvgIpc) is 2.71. The van der Waals surface area contributed by atoms with E-state index in [0.29, 0.717) is 35.5 Å². The van der Waals surface area contributed by atoms with Crippen molar-refractivity contribution in [1.82, 2.24) is 4.90 Å². The Morgan fingerprint density at radius 3 is 2.50 bits per heavy atom. The summed E-state index contributed by atoms with van der Waals surface area (Å²) in [6.07, 6.45) is -2.65. The summed E-state index contributed by atoms with van der Waals surface area (Å²) in [6.45, 7) is 1.17. The van der Waals surface area contributed by atoms with Gasteiger partial charge in [-0.3, -0.25) is 4.90 Å². The van der Waals surface area contributed by atoms with Crippen LogP contribution in [0, 0.1) is 0 Å². The minimum absolute atomic E-state index is 0.0374. The molecule has 1 heterocycles. The van der Waals surface area contributed by atoms with Crippen molar-refractivity contribution in [2.45, 2.75) is 18.4 Å². The van der Waals surface area contributed by atoms with Crippen molar-refractivity contribution in [1.29, 1.82) is 0 Å². The molecule has 1 aromatic rings. The zero-order chi connectivity index (χ0) is 14.8. The van der Waals surface area contributed by atoms with Crippen molar-refractivity contribution in [3.05, 3.63) is 28.2 Å². The van der Waals surface area contributed by atoms with Crippen LogP contribution in [0.4, 0.5) is 8.78 Å². The molecule has 1 aliphatic heterocycles. The van der Waals surface area contributed by atoms with Crippen LogP contribution in [0.1, 0.15) is 6.42 Å². The molecule has 0 aromatic heterocycles. The number of hydrogen-bond acceptors (Lipinski definition) is 3. The lowest BCUT2D eigenvalue weighted by atomic mass is 10.1. The van der Waals surface area contributed by atoms with Gasteiger partial charge in [0.2, 0.25) is 0 Å². The molecule has 0 aliphatic carbocycles. The number of nitrogens with zero attached hydrogens (tertiary/aromatic N) is 1. The highest BCUT2D eigenvalue weighted by atomic mass is 35.5. The van der Waals surface area contributed by atoms with Crippen molar-refractivity contribution in [3.63, 3.8) is 0 Å². The first-order valence-corrected chi connectivity index (χ1v) is 6.96. The number of alkyl halides is 2. The number of likely N-dealkylation sites (tertiary alicyclic amines) is 1. The first kappa shape index (κ1) is 15.8. The average molecular weight is 326 g/mol. The Kier molecular flexibility index (Phi) is 5.07. The van der Waals surface area contributed by atoms with Crippen molar-refractivity contribution in [3.8, 4) is 5.75 Å². The Morgan fingerprint density at radius 1 is 1.30 bits per heavy atom. The van der Waals surface area contributed by atoms with E-state index in [1.165, 1.54) is 0 Å². The second-order valence-electron chi connectivity index (χ2n) is 4.88. The highest BCUT2D eigenvalue weighted by Crippen LogP contribution is 2.28. The summed E-state index contributed by atoms with van der Waals surface area (Å²) >= 11 is 11.7. The van der Waals surface area contributed by atoms with Gasteiger partial charge in [0.25, 0.3) is 6.43 Å². The zero-order valence-corrected chi connectivity index (χ0v) is 12.2. The van der Waals surface area contributed by atoms with Crippen LogP contribution in [0.15, 0.2) is 18.2 Å². The van der Waals surface area contributed by atoms with Crippen LogP contribution in [-0.2, 0) is 0 Å². The normalized spacial score (nSPS) is 23.5. The van der Waals surface area contributed by atoms with Crippen LogP contribution < -0.4 is 4.74 Å². The third-order valence-electron chi connectivity index (χ3n) is 3.28. The van der Waals surface area contributed by atoms with Crippen LogP contribution in [-0.4, -0.2) is 48.3 Å². The van der Waals surface area contributed by atoms with Gasteiger partial charge >= 0.3 is 0 Å². The number of ether oxygens (including phenoxy) is 1. The predicted octanol–water partition coefficient (Wildman–Crippen LogP) is 3.07. The van der Waals surface area contributed by atoms with E-state index in [1.807, 2.05) is 0 Å². The zero-order valence-electron chi connectivity index (χ0n) is 10.7. The van der Waals surface area contributed by atoms with E-state index in [9.17, 15) is 13.9 Å². The lowest BCUT2D eigenvalue weighted by molar-refractivity contribution is -0.0871. The van der Waals surface area contributed by atoms with Gasteiger partial charge in [0, 0.05) is 29.7 Å². The number of β-amino-alcohol motifs (C(OH)–C–C–N with tert-alkyl or cyclic N) is 1. The number of benzene rings is 1. The molecular weight excluding hydrogens is 311 g/mol. The summed E-state index contributed by atoms with van der Waals surface area (Å²) in [4.78, 5) is 1.75. The van der Waals surface area contributed by atoms with E-state index in [4.69, 9.17) is 27.9 Å². The summed E-state index contributed by atoms with van der Waals surface area (Å²) in [7, 11) is 0. The van der Waals surface area contributed by atoms with Gasteiger partial charge in [-0.1, -0.05) is 23.2 Å². The van der Waals surface area contributed by atoms with E-state index >= 15 is 0 Å². The second-order valence-corrected chi connectivity index (χ2v) is 5.76. The maximum atomic E-state index is 12.6. The molecule has 7 heteroatoms. The van der Waals surface area contributed by atoms with Gasteiger partial charge in [-0.15, -0.1) is 0 Å². The molecule has 2 rings (SSSR count). The fourth-order valence-electron chi connectivity index (χ4n) is 2.17. The molecule has 1 atom stereocenters. The molecule has 0 bridgehead atoms. The Morgan fingerprint density at radius 2 is 1.95 bits per heavy atom. The molecule has 1 unspecified atom stereocenters. The van der Waals surface area contributed by atoms with Crippen molar-refractivity contribution in [2.75, 3.05) is 26.2 Å². The fourth-order valence-corrected chi connectivity index (χ4v) is 2.68. The van der Waals surface area contributed by atoms with Crippen LogP contribution in [0.2, 0.25) is 10.0 Å². The van der Waals surface area contributed by atoms with Crippen LogP contribution in [0.3, 0.4) is 0 Å². The lowest BCUT2D eigenvalue weighted by Crippen LogP contribution is -2.40. The molecule has 112 valence electrons. The fraction of sp³-hybridized carbons (Fsp3) is 0.538. The van der Waals surface area contributed by atoms with E-state index in [0.717, 1.165) is 0 Å². The molecular formula is C13H15Cl2F2NO2. The first-order valence-electron chi connectivity index (χ1n) is 6.21. The number of rotatable bonds is 5. The molecule has 0 amide bonds. The molecule has 1 aromatic carbocycles. The Bertz CT molecular complexity index is 455. The van der Waals surface area contributed by atoms with E-state index in [1.54, 1.807) is 23.1 Å². The lowest BCUT2D eigenvalue weighted by Gasteiger charge is -2.22. The maximum Gasteiger partial charge on any atom is 0.268 e. The van der Waals surface area contributed by atoms with Crippen molar-refractivity contribution >= 4 is 23.2 Å². The van der Waals surface area contributed by atoms with Crippen LogP contribution >= 0.6 is 23.2 Å². The minimum atomic E-state index is -2.72. The Balaban J connectivity index is 1.80. The van der Waals surface area contributed by atoms with Gasteiger partial charge < -0.3 is 9.84 Å². The molecule has 0 saturated carbocycles. The van der Waals surface area contributed by atoms with Crippen LogP contribution in [0.5, 0.6) is 5.75 Å². The monoisotopic (exact) mass is 325 g/mol. The highest BCUT2D eigenvalue weighted by molar-refractivity contribution is 6.34. The molecule has 1 saturated heterocycles. The Hall–Kier alpha value is -0.620. The van der Waals surface area contributed by atoms with E-state index in [-0.39, 0.29) is 13.0 Å². The summed E-state index contributed by atoms with van der Waals surface area (Å²) in [5.41, 5.74) is -1.89. The quantitative estimate of drug-likeness (QED) is 0.903. The topological polar surface area (TPSA) is 32.7 Å². The number of aliphatic hydroxyl groups is 1. The molecule has 3 nitrogen and oxygen atoms in total. The maximum absolute atomic E-state index is 12.6. The van der Waals surface area contributed by atoms with Gasteiger partial charge in [0.15, 0.2) is 0 Å². The molecule has 20 heavy (non-hydrogen) atoms.